The summed E-state index contributed by atoms with van der Waals surface area (Å²) in [6.45, 7) is 2.61. The van der Waals surface area contributed by atoms with Gasteiger partial charge in [0.05, 0.1) is 5.60 Å². The maximum Gasteiger partial charge on any atom is 0.146 e. The minimum atomic E-state index is -0.773. The minimum Gasteiger partial charge on any atom is -0.396 e. The molecule has 0 saturated carbocycles. The lowest BCUT2D eigenvalue weighted by atomic mass is 9.97. The molecule has 0 amide bonds. The van der Waals surface area contributed by atoms with Gasteiger partial charge in [-0.2, -0.15) is 0 Å². The molecule has 0 aromatic heterocycles. The molecule has 0 spiro atoms. The van der Waals surface area contributed by atoms with E-state index in [-0.39, 0.29) is 6.61 Å². The summed E-state index contributed by atoms with van der Waals surface area (Å²) in [5.74, 6) is 0. The Morgan fingerprint density at radius 1 is 1.31 bits per heavy atom. The Hall–Kier alpha value is -0.160. The van der Waals surface area contributed by atoms with Crippen LogP contribution in [0.3, 0.4) is 0 Å². The van der Waals surface area contributed by atoms with Crippen molar-refractivity contribution in [1.29, 1.82) is 0 Å². The van der Waals surface area contributed by atoms with Crippen LogP contribution in [0.2, 0.25) is 0 Å². The first-order valence-electron chi connectivity index (χ1n) is 4.52. The molecule has 0 aromatic carbocycles. The molecule has 4 heteroatoms. The van der Waals surface area contributed by atoms with Crippen molar-refractivity contribution >= 4 is 0 Å². The summed E-state index contributed by atoms with van der Waals surface area (Å²) in [5, 5.41) is 18.3. The molecule has 0 fully saturated rings. The zero-order chi connectivity index (χ0) is 10.2. The third-order valence-corrected chi connectivity index (χ3v) is 1.86. The number of rotatable bonds is 8. The second kappa shape index (κ2) is 7.26. The summed E-state index contributed by atoms with van der Waals surface area (Å²) in [6.07, 6.45) is 1.82. The van der Waals surface area contributed by atoms with E-state index in [2.05, 4.69) is 0 Å². The van der Waals surface area contributed by atoms with Crippen molar-refractivity contribution in [3.05, 3.63) is 0 Å². The van der Waals surface area contributed by atoms with Crippen LogP contribution in [0, 0.1) is 0 Å². The van der Waals surface area contributed by atoms with Crippen LogP contribution in [0.4, 0.5) is 0 Å². The fraction of sp³-hybridized carbons (Fsp3) is 1.00. The topological polar surface area (TPSA) is 58.9 Å². The monoisotopic (exact) mass is 192 g/mol. The average Bonchev–Trinajstić information content (AvgIpc) is 2.04. The van der Waals surface area contributed by atoms with Gasteiger partial charge >= 0.3 is 0 Å². The van der Waals surface area contributed by atoms with Gasteiger partial charge in [-0.05, 0) is 26.2 Å². The van der Waals surface area contributed by atoms with Crippen LogP contribution >= 0.6 is 0 Å². The third kappa shape index (κ3) is 8.18. The smallest absolute Gasteiger partial charge is 0.146 e. The van der Waals surface area contributed by atoms with E-state index in [1.807, 2.05) is 0 Å². The molecule has 0 rings (SSSR count). The Morgan fingerprint density at radius 3 is 2.54 bits per heavy atom. The molecule has 0 unspecified atom stereocenters. The molecule has 0 saturated heterocycles. The first-order chi connectivity index (χ1) is 6.12. The normalized spacial score (nSPS) is 15.7. The minimum absolute atomic E-state index is 0.0198. The molecule has 13 heavy (non-hydrogen) atoms. The van der Waals surface area contributed by atoms with Crippen LogP contribution in [0.1, 0.15) is 26.2 Å². The Bertz CT molecular complexity index is 114. The Kier molecular flexibility index (Phi) is 7.17. The summed E-state index contributed by atoms with van der Waals surface area (Å²) in [6, 6.07) is 0. The van der Waals surface area contributed by atoms with Gasteiger partial charge in [0.25, 0.3) is 0 Å². The van der Waals surface area contributed by atoms with Crippen molar-refractivity contribution in [1.82, 2.24) is 0 Å². The molecule has 0 aliphatic heterocycles. The predicted molar refractivity (Wildman–Crippen MR) is 49.4 cm³/mol. The Labute approximate surface area is 79.5 Å². The summed E-state index contributed by atoms with van der Waals surface area (Å²) in [5.41, 5.74) is -0.773. The highest BCUT2D eigenvalue weighted by molar-refractivity contribution is 4.71. The molecule has 4 nitrogen and oxygen atoms in total. The van der Waals surface area contributed by atoms with E-state index in [4.69, 9.17) is 14.6 Å². The number of aliphatic hydroxyl groups excluding tert-OH is 1. The molecular weight excluding hydrogens is 172 g/mol. The number of aliphatic hydroxyl groups is 2. The van der Waals surface area contributed by atoms with Crippen LogP contribution in [-0.4, -0.2) is 42.9 Å². The lowest BCUT2D eigenvalue weighted by Crippen LogP contribution is -2.25. The van der Waals surface area contributed by atoms with Gasteiger partial charge in [-0.3, -0.25) is 0 Å². The molecule has 0 aliphatic rings. The molecule has 1 atom stereocenters. The van der Waals surface area contributed by atoms with Crippen molar-refractivity contribution in [3.63, 3.8) is 0 Å². The molecule has 0 aliphatic carbocycles. The standard InChI is InChI=1S/C9H20O4/c1-9(11,5-6-10)4-3-7-13-8-12-2/h10-11H,3-8H2,1-2H3/t9-/m1/s1. The maximum atomic E-state index is 9.62. The van der Waals surface area contributed by atoms with E-state index in [9.17, 15) is 5.11 Å². The van der Waals surface area contributed by atoms with E-state index in [0.717, 1.165) is 6.42 Å². The molecular formula is C9H20O4. The van der Waals surface area contributed by atoms with Gasteiger partial charge in [-0.15, -0.1) is 0 Å². The van der Waals surface area contributed by atoms with Crippen LogP contribution in [-0.2, 0) is 9.47 Å². The molecule has 80 valence electrons. The zero-order valence-corrected chi connectivity index (χ0v) is 8.45. The largest absolute Gasteiger partial charge is 0.396 e. The first kappa shape index (κ1) is 12.8. The highest BCUT2D eigenvalue weighted by Gasteiger charge is 2.18. The first-order valence-corrected chi connectivity index (χ1v) is 4.52. The zero-order valence-electron chi connectivity index (χ0n) is 8.45. The molecule has 2 N–H and O–H groups in total. The highest BCUT2D eigenvalue weighted by Crippen LogP contribution is 2.15. The van der Waals surface area contributed by atoms with Crippen LogP contribution < -0.4 is 0 Å². The summed E-state index contributed by atoms with van der Waals surface area (Å²) < 4.78 is 9.76. The lowest BCUT2D eigenvalue weighted by molar-refractivity contribution is -0.0406. The van der Waals surface area contributed by atoms with Gasteiger partial charge in [0, 0.05) is 20.3 Å². The van der Waals surface area contributed by atoms with Crippen LogP contribution in [0.15, 0.2) is 0 Å². The van der Waals surface area contributed by atoms with Crippen molar-refractivity contribution in [2.45, 2.75) is 31.8 Å². The summed E-state index contributed by atoms with van der Waals surface area (Å²) in [7, 11) is 1.57. The van der Waals surface area contributed by atoms with Crippen LogP contribution in [0.5, 0.6) is 0 Å². The third-order valence-electron chi connectivity index (χ3n) is 1.86. The van der Waals surface area contributed by atoms with Crippen molar-refractivity contribution in [2.24, 2.45) is 0 Å². The second-order valence-electron chi connectivity index (χ2n) is 3.39. The van der Waals surface area contributed by atoms with E-state index < -0.39 is 5.60 Å². The summed E-state index contributed by atoms with van der Waals surface area (Å²) in [4.78, 5) is 0. The second-order valence-corrected chi connectivity index (χ2v) is 3.39. The Morgan fingerprint density at radius 2 is 2.00 bits per heavy atom. The molecule has 0 heterocycles. The van der Waals surface area contributed by atoms with Crippen LogP contribution in [0.25, 0.3) is 0 Å². The van der Waals surface area contributed by atoms with Gasteiger partial charge < -0.3 is 19.7 Å². The fourth-order valence-electron chi connectivity index (χ4n) is 1.06. The van der Waals surface area contributed by atoms with Gasteiger partial charge in [-0.1, -0.05) is 0 Å². The van der Waals surface area contributed by atoms with E-state index in [1.54, 1.807) is 14.0 Å². The highest BCUT2D eigenvalue weighted by atomic mass is 16.7. The van der Waals surface area contributed by atoms with Gasteiger partial charge in [0.1, 0.15) is 6.79 Å². The predicted octanol–water partition coefficient (Wildman–Crippen LogP) is 0.520. The lowest BCUT2D eigenvalue weighted by Gasteiger charge is -2.21. The van der Waals surface area contributed by atoms with Gasteiger partial charge in [0.15, 0.2) is 0 Å². The van der Waals surface area contributed by atoms with Gasteiger partial charge in [-0.25, -0.2) is 0 Å². The van der Waals surface area contributed by atoms with Crippen molar-refractivity contribution < 1.29 is 19.7 Å². The van der Waals surface area contributed by atoms with E-state index in [0.29, 0.717) is 26.2 Å². The maximum absolute atomic E-state index is 9.62. The summed E-state index contributed by atoms with van der Waals surface area (Å²) >= 11 is 0. The van der Waals surface area contributed by atoms with E-state index >= 15 is 0 Å². The molecule has 0 radical (unpaired) electrons. The Balaban J connectivity index is 3.29. The number of hydrogen-bond donors (Lipinski definition) is 2. The van der Waals surface area contributed by atoms with E-state index in [1.165, 1.54) is 0 Å². The average molecular weight is 192 g/mol. The number of methoxy groups -OCH3 is 1. The molecule has 0 bridgehead atoms. The molecule has 0 aromatic rings. The number of ether oxygens (including phenoxy) is 2. The van der Waals surface area contributed by atoms with Crippen molar-refractivity contribution in [2.75, 3.05) is 27.1 Å². The van der Waals surface area contributed by atoms with Crippen molar-refractivity contribution in [3.8, 4) is 0 Å². The fourth-order valence-corrected chi connectivity index (χ4v) is 1.06. The number of hydrogen-bond acceptors (Lipinski definition) is 4. The SMILES string of the molecule is COCOCCC[C@@](C)(O)CCO. The van der Waals surface area contributed by atoms with Gasteiger partial charge in [0.2, 0.25) is 0 Å². The quantitative estimate of drug-likeness (QED) is 0.435.